The molecule has 0 aromatic heterocycles. The summed E-state index contributed by atoms with van der Waals surface area (Å²) >= 11 is 0. The van der Waals surface area contributed by atoms with Crippen LogP contribution in [0.3, 0.4) is 0 Å². The Bertz CT molecular complexity index is 750. The zero-order valence-corrected chi connectivity index (χ0v) is 14.9. The number of aliphatic carboxylic acids is 1. The molecule has 1 saturated carbocycles. The van der Waals surface area contributed by atoms with E-state index in [1.54, 1.807) is 0 Å². The van der Waals surface area contributed by atoms with Crippen LogP contribution in [0.25, 0.3) is 0 Å². The van der Waals surface area contributed by atoms with Crippen molar-refractivity contribution in [2.24, 2.45) is 0 Å². The Morgan fingerprint density at radius 1 is 0.960 bits per heavy atom. The summed E-state index contributed by atoms with van der Waals surface area (Å²) in [6, 6.07) is 5.14. The first-order chi connectivity index (χ1) is 11.9. The Kier molecular flexibility index (Phi) is 5.13. The molecule has 1 aromatic rings. The van der Waals surface area contributed by atoms with Gasteiger partial charge in [-0.25, -0.2) is 13.2 Å². The number of rotatable bonds is 4. The Labute approximate surface area is 147 Å². The quantitative estimate of drug-likeness (QED) is 0.885. The van der Waals surface area contributed by atoms with Gasteiger partial charge in [-0.15, -0.1) is 0 Å². The van der Waals surface area contributed by atoms with Crippen molar-refractivity contribution in [1.29, 1.82) is 0 Å². The summed E-state index contributed by atoms with van der Waals surface area (Å²) in [4.78, 5) is 25.6. The van der Waals surface area contributed by atoms with Crippen LogP contribution in [0.5, 0.6) is 0 Å². The van der Waals surface area contributed by atoms with E-state index in [4.69, 9.17) is 0 Å². The highest BCUT2D eigenvalue weighted by atomic mass is 32.2. The highest BCUT2D eigenvalue weighted by Gasteiger charge is 2.33. The van der Waals surface area contributed by atoms with Gasteiger partial charge in [0.05, 0.1) is 10.1 Å². The standard InChI is InChI=1S/C18H23NO5S/c20-17(19-12-4-3-7-16(19)18(21)22)13-8-10-15(11-9-13)25(23,24)14-5-1-2-6-14/h8-11,14,16H,1-7,12H2,(H,21,22)/t16-/m1/s1. The van der Waals surface area contributed by atoms with Crippen molar-refractivity contribution in [3.05, 3.63) is 29.8 Å². The zero-order chi connectivity index (χ0) is 18.0. The maximum atomic E-state index is 12.6. The molecule has 1 saturated heterocycles. The SMILES string of the molecule is O=C(O)[C@H]1CCCCN1C(=O)c1ccc(S(=O)(=O)C2CCCC2)cc1. The van der Waals surface area contributed by atoms with Gasteiger partial charge in [0.1, 0.15) is 6.04 Å². The predicted molar refractivity (Wildman–Crippen MR) is 92.2 cm³/mol. The number of benzene rings is 1. The number of sulfone groups is 1. The van der Waals surface area contributed by atoms with E-state index in [1.165, 1.54) is 29.2 Å². The largest absolute Gasteiger partial charge is 0.480 e. The van der Waals surface area contributed by atoms with Gasteiger partial charge in [-0.3, -0.25) is 4.79 Å². The third kappa shape index (κ3) is 3.56. The lowest BCUT2D eigenvalue weighted by Crippen LogP contribution is -2.47. The Hall–Kier alpha value is -1.89. The van der Waals surface area contributed by atoms with Crippen molar-refractivity contribution < 1.29 is 23.1 Å². The second kappa shape index (κ2) is 7.15. The van der Waals surface area contributed by atoms with E-state index >= 15 is 0 Å². The topological polar surface area (TPSA) is 91.8 Å². The maximum absolute atomic E-state index is 12.6. The van der Waals surface area contributed by atoms with Gasteiger partial charge >= 0.3 is 5.97 Å². The van der Waals surface area contributed by atoms with E-state index in [-0.39, 0.29) is 16.1 Å². The number of nitrogens with zero attached hydrogens (tertiary/aromatic N) is 1. The molecule has 7 heteroatoms. The van der Waals surface area contributed by atoms with Gasteiger partial charge in [-0.05, 0) is 56.4 Å². The molecule has 0 bridgehead atoms. The van der Waals surface area contributed by atoms with Gasteiger partial charge < -0.3 is 10.0 Å². The van der Waals surface area contributed by atoms with Crippen molar-refractivity contribution in [2.45, 2.75) is 61.1 Å². The lowest BCUT2D eigenvalue weighted by atomic mass is 10.0. The summed E-state index contributed by atoms with van der Waals surface area (Å²) in [6.07, 6.45) is 5.28. The predicted octanol–water partition coefficient (Wildman–Crippen LogP) is 2.48. The van der Waals surface area contributed by atoms with E-state index < -0.39 is 21.8 Å². The van der Waals surface area contributed by atoms with Crippen molar-refractivity contribution in [3.63, 3.8) is 0 Å². The van der Waals surface area contributed by atoms with Gasteiger partial charge in [0, 0.05) is 12.1 Å². The highest BCUT2D eigenvalue weighted by molar-refractivity contribution is 7.92. The number of carboxylic acids is 1. The van der Waals surface area contributed by atoms with E-state index in [0.29, 0.717) is 31.4 Å². The second-order valence-electron chi connectivity index (χ2n) is 6.82. The minimum atomic E-state index is -3.35. The molecule has 1 heterocycles. The van der Waals surface area contributed by atoms with E-state index in [1.807, 2.05) is 0 Å². The van der Waals surface area contributed by atoms with Crippen LogP contribution in [-0.4, -0.2) is 48.1 Å². The van der Waals surface area contributed by atoms with E-state index in [9.17, 15) is 23.1 Å². The molecule has 136 valence electrons. The smallest absolute Gasteiger partial charge is 0.326 e. The molecule has 1 atom stereocenters. The van der Waals surface area contributed by atoms with Crippen molar-refractivity contribution in [1.82, 2.24) is 4.90 Å². The first-order valence-corrected chi connectivity index (χ1v) is 10.3. The van der Waals surface area contributed by atoms with Gasteiger partial charge in [-0.1, -0.05) is 12.8 Å². The minimum Gasteiger partial charge on any atom is -0.480 e. The molecule has 2 aliphatic rings. The molecular weight excluding hydrogens is 342 g/mol. The lowest BCUT2D eigenvalue weighted by molar-refractivity contribution is -0.143. The second-order valence-corrected chi connectivity index (χ2v) is 9.05. The Morgan fingerprint density at radius 2 is 1.56 bits per heavy atom. The number of hydrogen-bond acceptors (Lipinski definition) is 4. The maximum Gasteiger partial charge on any atom is 0.326 e. The Morgan fingerprint density at radius 3 is 2.16 bits per heavy atom. The fraction of sp³-hybridized carbons (Fsp3) is 0.556. The van der Waals surface area contributed by atoms with E-state index in [0.717, 1.165) is 25.7 Å². The van der Waals surface area contributed by atoms with Crippen molar-refractivity contribution >= 4 is 21.7 Å². The molecule has 1 aliphatic carbocycles. The summed E-state index contributed by atoms with van der Waals surface area (Å²) in [7, 11) is -3.35. The molecule has 25 heavy (non-hydrogen) atoms. The van der Waals surface area contributed by atoms with Gasteiger partial charge in [-0.2, -0.15) is 0 Å². The molecule has 2 fully saturated rings. The highest BCUT2D eigenvalue weighted by Crippen LogP contribution is 2.30. The molecule has 0 unspecified atom stereocenters. The summed E-state index contributed by atoms with van der Waals surface area (Å²) in [5.74, 6) is -1.34. The molecule has 3 rings (SSSR count). The monoisotopic (exact) mass is 365 g/mol. The fourth-order valence-corrected chi connectivity index (χ4v) is 5.63. The summed E-state index contributed by atoms with van der Waals surface area (Å²) < 4.78 is 25.2. The molecule has 1 aromatic carbocycles. The average molecular weight is 365 g/mol. The summed E-state index contributed by atoms with van der Waals surface area (Å²) in [5.41, 5.74) is 0.332. The number of carboxylic acid groups (broad SMARTS) is 1. The third-order valence-corrected chi connectivity index (χ3v) is 7.50. The third-order valence-electron chi connectivity index (χ3n) is 5.22. The Balaban J connectivity index is 1.79. The van der Waals surface area contributed by atoms with Crippen LogP contribution < -0.4 is 0 Å². The first-order valence-electron chi connectivity index (χ1n) is 8.79. The minimum absolute atomic E-state index is 0.240. The summed E-state index contributed by atoms with van der Waals surface area (Å²) in [5, 5.41) is 8.98. The van der Waals surface area contributed by atoms with Crippen molar-refractivity contribution in [3.8, 4) is 0 Å². The van der Waals surface area contributed by atoms with Crippen LogP contribution in [0.1, 0.15) is 55.3 Å². The van der Waals surface area contributed by atoms with Crippen LogP contribution in [0.2, 0.25) is 0 Å². The number of piperidine rings is 1. The van der Waals surface area contributed by atoms with Crippen LogP contribution in [0.15, 0.2) is 29.2 Å². The van der Waals surface area contributed by atoms with Crippen molar-refractivity contribution in [2.75, 3.05) is 6.54 Å². The van der Waals surface area contributed by atoms with Gasteiger partial charge in [0.25, 0.3) is 5.91 Å². The molecule has 1 aliphatic heterocycles. The molecule has 1 amide bonds. The lowest BCUT2D eigenvalue weighted by Gasteiger charge is -2.33. The van der Waals surface area contributed by atoms with Crippen LogP contribution >= 0.6 is 0 Å². The average Bonchev–Trinajstić information content (AvgIpc) is 3.16. The normalized spacial score (nSPS) is 22.1. The number of amides is 1. The zero-order valence-electron chi connectivity index (χ0n) is 14.1. The molecule has 1 N–H and O–H groups in total. The van der Waals surface area contributed by atoms with Crippen LogP contribution in [-0.2, 0) is 14.6 Å². The van der Waals surface area contributed by atoms with E-state index in [2.05, 4.69) is 0 Å². The van der Waals surface area contributed by atoms with Gasteiger partial charge in [0.2, 0.25) is 0 Å². The number of likely N-dealkylation sites (tertiary alicyclic amines) is 1. The molecule has 0 radical (unpaired) electrons. The molecular formula is C18H23NO5S. The number of hydrogen-bond donors (Lipinski definition) is 1. The van der Waals surface area contributed by atoms with Crippen LogP contribution in [0, 0.1) is 0 Å². The van der Waals surface area contributed by atoms with Gasteiger partial charge in [0.15, 0.2) is 9.84 Å². The summed E-state index contributed by atoms with van der Waals surface area (Å²) in [6.45, 7) is 0.415. The van der Waals surface area contributed by atoms with Crippen LogP contribution in [0.4, 0.5) is 0 Å². The molecule has 0 spiro atoms. The fourth-order valence-electron chi connectivity index (χ4n) is 3.78. The molecule has 6 nitrogen and oxygen atoms in total. The number of carbonyl (C=O) groups excluding carboxylic acids is 1. The first kappa shape index (κ1) is 17.9. The number of carbonyl (C=O) groups is 2.